The second kappa shape index (κ2) is 8.34. The summed E-state index contributed by atoms with van der Waals surface area (Å²) >= 11 is 0. The van der Waals surface area contributed by atoms with Crippen molar-refractivity contribution in [2.75, 3.05) is 0 Å². The molecule has 3 aliphatic rings. The molecule has 2 bridgehead atoms. The highest BCUT2D eigenvalue weighted by molar-refractivity contribution is 5.66. The summed E-state index contributed by atoms with van der Waals surface area (Å²) in [5, 5.41) is 22.9. The minimum atomic E-state index is -1.51. The van der Waals surface area contributed by atoms with Crippen molar-refractivity contribution in [2.45, 2.75) is 96.9 Å². The van der Waals surface area contributed by atoms with Crippen LogP contribution in [0.25, 0.3) is 0 Å². The zero-order valence-electron chi connectivity index (χ0n) is 19.5. The van der Waals surface area contributed by atoms with E-state index in [1.807, 2.05) is 26.0 Å². The fourth-order valence-electron chi connectivity index (χ4n) is 5.87. The largest absolute Gasteiger partial charge is 0.459 e. The van der Waals surface area contributed by atoms with Crippen LogP contribution in [0.4, 0.5) is 0 Å². The van der Waals surface area contributed by atoms with Crippen molar-refractivity contribution >= 4 is 11.9 Å². The molecule has 8 atom stereocenters. The Hall–Kier alpha value is -1.70. The maximum absolute atomic E-state index is 11.8. The fraction of sp³-hybridized carbons (Fsp3) is 0.750. The monoisotopic (exact) mass is 436 g/mol. The molecule has 1 aliphatic carbocycles. The molecule has 0 aromatic carbocycles. The third-order valence-corrected chi connectivity index (χ3v) is 7.07. The fourth-order valence-corrected chi connectivity index (χ4v) is 5.87. The first kappa shape index (κ1) is 24.0. The predicted octanol–water partition coefficient (Wildman–Crippen LogP) is 2.69. The third kappa shape index (κ3) is 4.59. The van der Waals surface area contributed by atoms with Crippen LogP contribution in [0.2, 0.25) is 0 Å². The van der Waals surface area contributed by atoms with E-state index in [4.69, 9.17) is 14.2 Å². The van der Waals surface area contributed by atoms with Crippen LogP contribution in [0.3, 0.4) is 0 Å². The molecule has 1 fully saturated rings. The molecule has 1 saturated heterocycles. The molecule has 7 nitrogen and oxygen atoms in total. The van der Waals surface area contributed by atoms with Crippen molar-refractivity contribution in [3.8, 4) is 0 Å². The van der Waals surface area contributed by atoms with E-state index in [0.29, 0.717) is 12.8 Å². The van der Waals surface area contributed by atoms with Gasteiger partial charge in [-0.25, -0.2) is 0 Å². The quantitative estimate of drug-likeness (QED) is 0.518. The molecule has 0 radical (unpaired) electrons. The average Bonchev–Trinajstić information content (AvgIpc) is 2.97. The molecule has 2 N–H and O–H groups in total. The molecule has 31 heavy (non-hydrogen) atoms. The van der Waals surface area contributed by atoms with Crippen LogP contribution >= 0.6 is 0 Å². The standard InChI is InChI=1S/C24H36O7/c1-12-8-9-18(30-15(4)26)24(7,28)22-20-19(16(10-12)31-22)13(2)11-17(29-14(3)25)21(20)23(5,6)27/h8,11,16-22,27-28H,9-10H2,1-7H3/b12-8-/t16-,17+,18+,19-,20+,21+,22-,24-/m1/s1. The van der Waals surface area contributed by atoms with Crippen molar-refractivity contribution in [1.29, 1.82) is 0 Å². The minimum Gasteiger partial charge on any atom is -0.459 e. The lowest BCUT2D eigenvalue weighted by atomic mass is 9.60. The van der Waals surface area contributed by atoms with E-state index in [1.54, 1.807) is 20.8 Å². The number of ether oxygens (including phenoxy) is 3. The lowest BCUT2D eigenvalue weighted by Crippen LogP contribution is -2.59. The van der Waals surface area contributed by atoms with E-state index in [-0.39, 0.29) is 17.9 Å². The topological polar surface area (TPSA) is 102 Å². The second-order valence-corrected chi connectivity index (χ2v) is 10.2. The number of hydrogen-bond acceptors (Lipinski definition) is 7. The first-order chi connectivity index (χ1) is 14.2. The van der Waals surface area contributed by atoms with E-state index in [2.05, 4.69) is 0 Å². The van der Waals surface area contributed by atoms with Crippen molar-refractivity contribution in [3.63, 3.8) is 0 Å². The number of rotatable bonds is 3. The van der Waals surface area contributed by atoms with Gasteiger partial charge in [0.1, 0.15) is 17.8 Å². The van der Waals surface area contributed by atoms with E-state index >= 15 is 0 Å². The Labute approximate surface area is 184 Å². The maximum atomic E-state index is 11.8. The van der Waals surface area contributed by atoms with Gasteiger partial charge in [0.25, 0.3) is 0 Å². The van der Waals surface area contributed by atoms with Gasteiger partial charge < -0.3 is 24.4 Å². The molecule has 174 valence electrons. The van der Waals surface area contributed by atoms with Crippen LogP contribution in [0.15, 0.2) is 23.3 Å². The van der Waals surface area contributed by atoms with Gasteiger partial charge in [0, 0.05) is 38.0 Å². The van der Waals surface area contributed by atoms with Crippen LogP contribution in [0.5, 0.6) is 0 Å². The van der Waals surface area contributed by atoms with E-state index < -0.39 is 47.4 Å². The van der Waals surface area contributed by atoms with Crippen LogP contribution in [0, 0.1) is 17.8 Å². The molecule has 7 heteroatoms. The van der Waals surface area contributed by atoms with Gasteiger partial charge in [0.15, 0.2) is 0 Å². The van der Waals surface area contributed by atoms with E-state index in [1.165, 1.54) is 13.8 Å². The number of carbonyl (C=O) groups excluding carboxylic acids is 2. The summed E-state index contributed by atoms with van der Waals surface area (Å²) in [5.41, 5.74) is -0.614. The Morgan fingerprint density at radius 2 is 1.81 bits per heavy atom. The van der Waals surface area contributed by atoms with Crippen LogP contribution < -0.4 is 0 Å². The number of aliphatic hydroxyl groups is 2. The summed E-state index contributed by atoms with van der Waals surface area (Å²) in [5.74, 6) is -1.82. The Morgan fingerprint density at radius 3 is 2.35 bits per heavy atom. The van der Waals surface area contributed by atoms with Gasteiger partial charge in [-0.1, -0.05) is 17.2 Å². The van der Waals surface area contributed by atoms with Gasteiger partial charge in [-0.3, -0.25) is 9.59 Å². The molecular formula is C24H36O7. The van der Waals surface area contributed by atoms with Crippen molar-refractivity contribution in [2.24, 2.45) is 17.8 Å². The normalized spacial score (nSPS) is 42.2. The highest BCUT2D eigenvalue weighted by atomic mass is 16.6. The summed E-state index contributed by atoms with van der Waals surface area (Å²) in [6.45, 7) is 11.7. The zero-order chi connectivity index (χ0) is 23.3. The Morgan fingerprint density at radius 1 is 1.19 bits per heavy atom. The van der Waals surface area contributed by atoms with Crippen LogP contribution in [0.1, 0.15) is 61.3 Å². The summed E-state index contributed by atoms with van der Waals surface area (Å²) in [4.78, 5) is 23.6. The van der Waals surface area contributed by atoms with Crippen LogP contribution in [-0.4, -0.2) is 57.8 Å². The van der Waals surface area contributed by atoms with Gasteiger partial charge in [0.05, 0.1) is 17.8 Å². The number of fused-ring (bicyclic) bond motifs is 5. The zero-order valence-corrected chi connectivity index (χ0v) is 19.5. The second-order valence-electron chi connectivity index (χ2n) is 10.2. The Balaban J connectivity index is 2.16. The van der Waals surface area contributed by atoms with Crippen molar-refractivity contribution < 1.29 is 34.0 Å². The highest BCUT2D eigenvalue weighted by Gasteiger charge is 2.62. The molecule has 0 aromatic heterocycles. The Kier molecular flexibility index (Phi) is 6.44. The summed E-state index contributed by atoms with van der Waals surface area (Å²) in [7, 11) is 0. The first-order valence-corrected chi connectivity index (χ1v) is 11.0. The molecule has 0 spiro atoms. The molecular weight excluding hydrogens is 400 g/mol. The number of esters is 2. The molecule has 2 heterocycles. The molecule has 0 aromatic rings. The molecule has 3 rings (SSSR count). The Bertz CT molecular complexity index is 788. The van der Waals surface area contributed by atoms with E-state index in [0.717, 1.165) is 11.1 Å². The third-order valence-electron chi connectivity index (χ3n) is 7.07. The highest BCUT2D eigenvalue weighted by Crippen LogP contribution is 2.54. The van der Waals surface area contributed by atoms with Crippen LogP contribution in [-0.2, 0) is 23.8 Å². The maximum Gasteiger partial charge on any atom is 0.303 e. The van der Waals surface area contributed by atoms with Gasteiger partial charge in [-0.05, 0) is 47.1 Å². The average molecular weight is 437 g/mol. The van der Waals surface area contributed by atoms with Gasteiger partial charge >= 0.3 is 11.9 Å². The smallest absolute Gasteiger partial charge is 0.303 e. The lowest BCUT2D eigenvalue weighted by molar-refractivity contribution is -0.196. The number of carbonyl (C=O) groups is 2. The molecule has 0 saturated carbocycles. The minimum absolute atomic E-state index is 0.0702. The molecule has 2 aliphatic heterocycles. The van der Waals surface area contributed by atoms with Crippen molar-refractivity contribution in [1.82, 2.24) is 0 Å². The first-order valence-electron chi connectivity index (χ1n) is 11.0. The van der Waals surface area contributed by atoms with E-state index in [9.17, 15) is 19.8 Å². The summed E-state index contributed by atoms with van der Waals surface area (Å²) < 4.78 is 17.7. The molecule has 0 amide bonds. The summed E-state index contributed by atoms with van der Waals surface area (Å²) in [6.07, 6.45) is 2.58. The van der Waals surface area contributed by atoms with Crippen molar-refractivity contribution in [3.05, 3.63) is 23.3 Å². The lowest BCUT2D eigenvalue weighted by Gasteiger charge is -2.48. The SMILES string of the molecule is CC(=O)O[C@H]1C=C(C)[C@H]2[C@@H]([C@H]1C(C)(C)O)[C@H]1O[C@@H]2C/C(C)=C\C[C@H](OC(C)=O)[C@@]1(C)O. The van der Waals surface area contributed by atoms with Gasteiger partial charge in [-0.15, -0.1) is 0 Å². The number of hydrogen-bond donors (Lipinski definition) is 2. The van der Waals surface area contributed by atoms with Gasteiger partial charge in [0.2, 0.25) is 0 Å². The molecule has 0 unspecified atom stereocenters. The van der Waals surface area contributed by atoms with Gasteiger partial charge in [-0.2, -0.15) is 0 Å². The summed E-state index contributed by atoms with van der Waals surface area (Å²) in [6, 6.07) is 0. The predicted molar refractivity (Wildman–Crippen MR) is 114 cm³/mol.